The smallest absolute Gasteiger partial charge is 0.259 e. The van der Waals surface area contributed by atoms with Crippen molar-refractivity contribution in [1.82, 2.24) is 14.5 Å². The van der Waals surface area contributed by atoms with Gasteiger partial charge in [-0.1, -0.05) is 31.5 Å². The summed E-state index contributed by atoms with van der Waals surface area (Å²) in [5.41, 5.74) is 2.39. The highest BCUT2D eigenvalue weighted by Crippen LogP contribution is 2.25. The first-order chi connectivity index (χ1) is 15.6. The zero-order chi connectivity index (χ0) is 24.2. The number of amides is 1. The molecule has 0 fully saturated rings. The molecule has 0 spiro atoms. The van der Waals surface area contributed by atoms with Gasteiger partial charge < -0.3 is 10.1 Å². The number of carbonyl (C=O) groups excluding carboxylic acids is 1. The first kappa shape index (κ1) is 24.9. The molecule has 3 aromatic rings. The third-order valence-corrected chi connectivity index (χ3v) is 6.69. The fraction of sp³-hybridized carbons (Fsp3) is 0.304. The van der Waals surface area contributed by atoms with Crippen molar-refractivity contribution in [2.24, 2.45) is 0 Å². The zero-order valence-electron chi connectivity index (χ0n) is 18.9. The Bertz CT molecular complexity index is 1220. The Balaban J connectivity index is 1.81. The van der Waals surface area contributed by atoms with Crippen molar-refractivity contribution in [2.45, 2.75) is 37.6 Å². The van der Waals surface area contributed by atoms with E-state index < -0.39 is 10.0 Å². The van der Waals surface area contributed by atoms with E-state index in [2.05, 4.69) is 15.1 Å². The van der Waals surface area contributed by atoms with Gasteiger partial charge in [-0.05, 0) is 55.3 Å². The number of ether oxygens (including phenoxy) is 1. The van der Waals surface area contributed by atoms with Crippen LogP contribution in [-0.4, -0.2) is 43.9 Å². The highest BCUT2D eigenvalue weighted by Gasteiger charge is 2.22. The van der Waals surface area contributed by atoms with E-state index in [1.807, 2.05) is 26.0 Å². The molecular weight excluding hydrogens is 464 g/mol. The van der Waals surface area contributed by atoms with Gasteiger partial charge in [-0.2, -0.15) is 5.10 Å². The number of halogens is 1. The second-order valence-electron chi connectivity index (χ2n) is 7.95. The molecule has 1 heterocycles. The molecule has 176 valence electrons. The van der Waals surface area contributed by atoms with Gasteiger partial charge in [-0.15, -0.1) is 0 Å². The van der Waals surface area contributed by atoms with Crippen LogP contribution in [0.1, 0.15) is 42.7 Å². The van der Waals surface area contributed by atoms with Crippen molar-refractivity contribution in [1.29, 1.82) is 0 Å². The Labute approximate surface area is 199 Å². The number of sulfonamides is 1. The van der Waals surface area contributed by atoms with Crippen LogP contribution in [-0.2, 0) is 14.8 Å². The van der Waals surface area contributed by atoms with Gasteiger partial charge in [0, 0.05) is 23.9 Å². The molecule has 0 aliphatic rings. The first-order valence-electron chi connectivity index (χ1n) is 10.4. The number of rotatable bonds is 9. The van der Waals surface area contributed by atoms with Gasteiger partial charge in [0.2, 0.25) is 10.0 Å². The molecule has 0 aliphatic heterocycles. The van der Waals surface area contributed by atoms with Crippen LogP contribution in [0.4, 0.5) is 5.69 Å². The van der Waals surface area contributed by atoms with E-state index in [1.54, 1.807) is 35.9 Å². The number of benzene rings is 2. The third kappa shape index (κ3) is 6.00. The van der Waals surface area contributed by atoms with Gasteiger partial charge in [0.25, 0.3) is 5.91 Å². The summed E-state index contributed by atoms with van der Waals surface area (Å²) in [4.78, 5) is 13.1. The van der Waals surface area contributed by atoms with Crippen LogP contribution < -0.4 is 10.0 Å². The summed E-state index contributed by atoms with van der Waals surface area (Å²) in [5, 5.41) is 7.79. The SMILES string of the molecule is COCC(C)NS(=O)(=O)c1ccc(NC(=O)c2cnn(-c3cccc(Cl)c3)c2C(C)C)cc1. The van der Waals surface area contributed by atoms with E-state index in [-0.39, 0.29) is 29.4 Å². The normalized spacial score (nSPS) is 12.7. The summed E-state index contributed by atoms with van der Waals surface area (Å²) in [6, 6.07) is 12.8. The summed E-state index contributed by atoms with van der Waals surface area (Å²) < 4.78 is 34.2. The maximum absolute atomic E-state index is 13.0. The number of hydrogen-bond donors (Lipinski definition) is 2. The number of carbonyl (C=O) groups is 1. The number of anilines is 1. The summed E-state index contributed by atoms with van der Waals surface area (Å²) in [6.07, 6.45) is 1.52. The van der Waals surface area contributed by atoms with Crippen LogP contribution in [0.25, 0.3) is 5.69 Å². The van der Waals surface area contributed by atoms with E-state index in [0.717, 1.165) is 11.4 Å². The molecule has 0 bridgehead atoms. The minimum atomic E-state index is -3.69. The Morgan fingerprint density at radius 3 is 2.45 bits per heavy atom. The number of methoxy groups -OCH3 is 1. The predicted octanol–water partition coefficient (Wildman–Crippen LogP) is 4.21. The topological polar surface area (TPSA) is 102 Å². The van der Waals surface area contributed by atoms with E-state index in [1.165, 1.54) is 25.4 Å². The molecule has 0 saturated heterocycles. The second-order valence-corrected chi connectivity index (χ2v) is 10.1. The van der Waals surface area contributed by atoms with Crippen LogP contribution >= 0.6 is 11.6 Å². The Hall–Kier alpha value is -2.72. The largest absolute Gasteiger partial charge is 0.383 e. The fourth-order valence-electron chi connectivity index (χ4n) is 3.43. The predicted molar refractivity (Wildman–Crippen MR) is 129 cm³/mol. The summed E-state index contributed by atoms with van der Waals surface area (Å²) in [5.74, 6) is -0.325. The fourth-order valence-corrected chi connectivity index (χ4v) is 4.85. The molecule has 1 atom stereocenters. The van der Waals surface area contributed by atoms with Gasteiger partial charge in [0.1, 0.15) is 0 Å². The standard InChI is InChI=1S/C23H27ClN4O4S/c1-15(2)22-21(13-25-28(22)19-7-5-6-17(24)12-19)23(29)26-18-8-10-20(11-9-18)33(30,31)27-16(3)14-32-4/h5-13,15-16,27H,14H2,1-4H3,(H,26,29). The maximum atomic E-state index is 13.0. The maximum Gasteiger partial charge on any atom is 0.259 e. The minimum absolute atomic E-state index is 0.0138. The number of hydrogen-bond acceptors (Lipinski definition) is 5. The Morgan fingerprint density at radius 1 is 1.15 bits per heavy atom. The van der Waals surface area contributed by atoms with Gasteiger partial charge >= 0.3 is 0 Å². The number of nitrogens with zero attached hydrogens (tertiary/aromatic N) is 2. The first-order valence-corrected chi connectivity index (χ1v) is 12.2. The molecule has 33 heavy (non-hydrogen) atoms. The molecule has 8 nitrogen and oxygen atoms in total. The van der Waals surface area contributed by atoms with Gasteiger partial charge in [0.05, 0.1) is 34.6 Å². The monoisotopic (exact) mass is 490 g/mol. The molecule has 1 amide bonds. The molecule has 0 radical (unpaired) electrons. The minimum Gasteiger partial charge on any atom is -0.383 e. The molecule has 2 aromatic carbocycles. The molecule has 0 aliphatic carbocycles. The lowest BCUT2D eigenvalue weighted by atomic mass is 10.0. The summed E-state index contributed by atoms with van der Waals surface area (Å²) >= 11 is 6.12. The third-order valence-electron chi connectivity index (χ3n) is 4.85. The highest BCUT2D eigenvalue weighted by molar-refractivity contribution is 7.89. The van der Waals surface area contributed by atoms with E-state index in [4.69, 9.17) is 16.3 Å². The Morgan fingerprint density at radius 2 is 1.85 bits per heavy atom. The van der Waals surface area contributed by atoms with Crippen LogP contribution in [0, 0.1) is 0 Å². The molecule has 10 heteroatoms. The van der Waals surface area contributed by atoms with Crippen molar-refractivity contribution in [3.63, 3.8) is 0 Å². The molecule has 0 saturated carbocycles. The molecular formula is C23H27ClN4O4S. The lowest BCUT2D eigenvalue weighted by Crippen LogP contribution is -2.35. The molecule has 3 rings (SSSR count). The summed E-state index contributed by atoms with van der Waals surface area (Å²) in [6.45, 7) is 5.93. The lowest BCUT2D eigenvalue weighted by molar-refractivity contribution is 0.102. The van der Waals surface area contributed by atoms with Gasteiger partial charge in [-0.25, -0.2) is 17.8 Å². The van der Waals surface area contributed by atoms with Crippen molar-refractivity contribution in [2.75, 3.05) is 19.0 Å². The molecule has 1 unspecified atom stereocenters. The zero-order valence-corrected chi connectivity index (χ0v) is 20.4. The molecule has 2 N–H and O–H groups in total. The van der Waals surface area contributed by atoms with Crippen molar-refractivity contribution < 1.29 is 17.9 Å². The lowest BCUT2D eigenvalue weighted by Gasteiger charge is -2.14. The van der Waals surface area contributed by atoms with Crippen molar-refractivity contribution >= 4 is 33.2 Å². The van der Waals surface area contributed by atoms with Crippen LogP contribution in [0.2, 0.25) is 5.02 Å². The van der Waals surface area contributed by atoms with Crippen LogP contribution in [0.5, 0.6) is 0 Å². The summed E-state index contributed by atoms with van der Waals surface area (Å²) in [7, 11) is -2.19. The van der Waals surface area contributed by atoms with Crippen LogP contribution in [0.3, 0.4) is 0 Å². The number of aromatic nitrogens is 2. The highest BCUT2D eigenvalue weighted by atomic mass is 35.5. The second kappa shape index (κ2) is 10.5. The average molecular weight is 491 g/mol. The van der Waals surface area contributed by atoms with Gasteiger partial charge in [0.15, 0.2) is 0 Å². The quantitative estimate of drug-likeness (QED) is 0.467. The van der Waals surface area contributed by atoms with Crippen molar-refractivity contribution in [3.05, 3.63) is 71.0 Å². The average Bonchev–Trinajstić information content (AvgIpc) is 3.20. The van der Waals surface area contributed by atoms with Crippen molar-refractivity contribution in [3.8, 4) is 5.69 Å². The van der Waals surface area contributed by atoms with E-state index in [9.17, 15) is 13.2 Å². The van der Waals surface area contributed by atoms with E-state index in [0.29, 0.717) is 16.3 Å². The molecule has 1 aromatic heterocycles. The van der Waals surface area contributed by atoms with Gasteiger partial charge in [-0.3, -0.25) is 4.79 Å². The Kier molecular flexibility index (Phi) is 7.91. The van der Waals surface area contributed by atoms with E-state index >= 15 is 0 Å². The number of nitrogens with one attached hydrogen (secondary N) is 2. The van der Waals surface area contributed by atoms with Crippen LogP contribution in [0.15, 0.2) is 59.6 Å².